The first-order valence-electron chi connectivity index (χ1n) is 9.35. The number of quaternary nitrogens is 1. The van der Waals surface area contributed by atoms with E-state index in [0.29, 0.717) is 13.2 Å². The van der Waals surface area contributed by atoms with Crippen LogP contribution in [0.3, 0.4) is 0 Å². The molecule has 27 heavy (non-hydrogen) atoms. The van der Waals surface area contributed by atoms with Crippen molar-refractivity contribution < 1.29 is 24.2 Å². The summed E-state index contributed by atoms with van der Waals surface area (Å²) in [6, 6.07) is 15.6. The smallest absolute Gasteiger partial charge is 0.137 e. The summed E-state index contributed by atoms with van der Waals surface area (Å²) in [6.07, 6.45) is -0.477. The van der Waals surface area contributed by atoms with E-state index >= 15 is 0 Å². The Kier molecular flexibility index (Phi) is 6.79. The molecule has 0 aromatic heterocycles. The number of nitrogens with one attached hydrogen (secondary N) is 1. The zero-order valence-electron chi connectivity index (χ0n) is 16.1. The number of hydrogen-bond acceptors (Lipinski definition) is 5. The number of aliphatic hydroxyl groups is 1. The van der Waals surface area contributed by atoms with E-state index in [4.69, 9.17) is 14.2 Å². The molecule has 1 atom stereocenters. The molecule has 3 rings (SSSR count). The Morgan fingerprint density at radius 3 is 1.96 bits per heavy atom. The van der Waals surface area contributed by atoms with Gasteiger partial charge in [-0.25, -0.2) is 0 Å². The molecule has 2 aromatic rings. The first-order valence-corrected chi connectivity index (χ1v) is 9.35. The van der Waals surface area contributed by atoms with Gasteiger partial charge in [0.2, 0.25) is 0 Å². The first-order chi connectivity index (χ1) is 13.2. The van der Waals surface area contributed by atoms with Gasteiger partial charge in [0, 0.05) is 5.69 Å². The van der Waals surface area contributed by atoms with Gasteiger partial charge in [-0.15, -0.1) is 0 Å². The van der Waals surface area contributed by atoms with Gasteiger partial charge in [0.25, 0.3) is 0 Å². The van der Waals surface area contributed by atoms with Gasteiger partial charge in [-0.1, -0.05) is 0 Å². The quantitative estimate of drug-likeness (QED) is 0.719. The Bertz CT molecular complexity index is 682. The molecule has 0 unspecified atom stereocenters. The molecule has 2 N–H and O–H groups in total. The van der Waals surface area contributed by atoms with Crippen molar-refractivity contribution >= 4 is 5.69 Å². The van der Waals surface area contributed by atoms with Crippen LogP contribution in [0.5, 0.6) is 17.2 Å². The monoisotopic (exact) mass is 373 g/mol. The standard InChI is InChI=1S/C21H28N2O4/c1-25-19-5-3-17(4-6-19)23-13-11-22(12-14-23)15-18(24)16-27-21-9-7-20(26-2)8-10-21/h3-10,18,24H,11-16H2,1-2H3/p+1/t18-/m0/s1. The molecule has 6 heteroatoms. The average molecular weight is 373 g/mol. The van der Waals surface area contributed by atoms with Crippen LogP contribution in [0.1, 0.15) is 0 Å². The molecular formula is C21H29N2O4+. The van der Waals surface area contributed by atoms with Crippen LogP contribution in [-0.4, -0.2) is 64.8 Å². The summed E-state index contributed by atoms with van der Waals surface area (Å²) in [5, 5.41) is 10.3. The van der Waals surface area contributed by atoms with Crippen LogP contribution in [0.2, 0.25) is 0 Å². The number of nitrogens with zero attached hydrogens (tertiary/aromatic N) is 1. The largest absolute Gasteiger partial charge is 0.497 e. The number of anilines is 1. The van der Waals surface area contributed by atoms with Crippen molar-refractivity contribution in [3.63, 3.8) is 0 Å². The summed E-state index contributed by atoms with van der Waals surface area (Å²) < 4.78 is 16.0. The maximum atomic E-state index is 10.3. The van der Waals surface area contributed by atoms with E-state index in [0.717, 1.165) is 43.4 Å². The second kappa shape index (κ2) is 9.48. The van der Waals surface area contributed by atoms with Crippen LogP contribution >= 0.6 is 0 Å². The normalized spacial score (nSPS) is 16.0. The predicted molar refractivity (Wildman–Crippen MR) is 105 cm³/mol. The molecule has 1 aliphatic heterocycles. The minimum Gasteiger partial charge on any atom is -0.497 e. The van der Waals surface area contributed by atoms with Crippen molar-refractivity contribution in [3.8, 4) is 17.2 Å². The number of hydrogen-bond donors (Lipinski definition) is 2. The molecular weight excluding hydrogens is 344 g/mol. The van der Waals surface area contributed by atoms with E-state index in [-0.39, 0.29) is 0 Å². The average Bonchev–Trinajstić information content (AvgIpc) is 2.73. The number of piperazine rings is 1. The van der Waals surface area contributed by atoms with Crippen molar-refractivity contribution in [2.24, 2.45) is 0 Å². The van der Waals surface area contributed by atoms with Crippen molar-refractivity contribution in [3.05, 3.63) is 48.5 Å². The zero-order valence-corrected chi connectivity index (χ0v) is 16.1. The van der Waals surface area contributed by atoms with Gasteiger partial charge in [0.1, 0.15) is 36.5 Å². The SMILES string of the molecule is COc1ccc(OC[C@@H](O)C[NH+]2CCN(c3ccc(OC)cc3)CC2)cc1. The topological polar surface area (TPSA) is 55.6 Å². The van der Waals surface area contributed by atoms with Crippen LogP contribution in [0.25, 0.3) is 0 Å². The molecule has 2 aromatic carbocycles. The molecule has 146 valence electrons. The molecule has 1 heterocycles. The van der Waals surface area contributed by atoms with Crippen molar-refractivity contribution in [1.29, 1.82) is 0 Å². The summed E-state index contributed by atoms with van der Waals surface area (Å²) in [5.41, 5.74) is 1.22. The second-order valence-electron chi connectivity index (χ2n) is 6.78. The Labute approximate surface area is 160 Å². The molecule has 0 amide bonds. The Balaban J connectivity index is 1.40. The van der Waals surface area contributed by atoms with E-state index in [1.54, 1.807) is 14.2 Å². The van der Waals surface area contributed by atoms with Crippen molar-refractivity contribution in [2.75, 3.05) is 58.5 Å². The van der Waals surface area contributed by atoms with Crippen molar-refractivity contribution in [2.45, 2.75) is 6.10 Å². The van der Waals surface area contributed by atoms with E-state index in [1.807, 2.05) is 36.4 Å². The second-order valence-corrected chi connectivity index (χ2v) is 6.78. The van der Waals surface area contributed by atoms with Gasteiger partial charge in [0.05, 0.1) is 40.4 Å². The third-order valence-electron chi connectivity index (χ3n) is 4.93. The van der Waals surface area contributed by atoms with Gasteiger partial charge in [-0.2, -0.15) is 0 Å². The third kappa shape index (κ3) is 5.52. The van der Waals surface area contributed by atoms with E-state index in [9.17, 15) is 5.11 Å². The number of aliphatic hydroxyl groups excluding tert-OH is 1. The molecule has 0 spiro atoms. The van der Waals surface area contributed by atoms with E-state index < -0.39 is 6.10 Å². The lowest BCUT2D eigenvalue weighted by Crippen LogP contribution is -3.16. The van der Waals surface area contributed by atoms with Gasteiger partial charge < -0.3 is 29.1 Å². The molecule has 1 aliphatic rings. The highest BCUT2D eigenvalue weighted by Crippen LogP contribution is 2.19. The highest BCUT2D eigenvalue weighted by molar-refractivity contribution is 5.49. The van der Waals surface area contributed by atoms with Crippen LogP contribution in [0, 0.1) is 0 Å². The Hall–Kier alpha value is -2.44. The van der Waals surface area contributed by atoms with E-state index in [1.165, 1.54) is 10.6 Å². The van der Waals surface area contributed by atoms with Crippen LogP contribution < -0.4 is 24.0 Å². The molecule has 0 saturated carbocycles. The van der Waals surface area contributed by atoms with Crippen molar-refractivity contribution in [1.82, 2.24) is 0 Å². The summed E-state index contributed by atoms with van der Waals surface area (Å²) >= 11 is 0. The molecule has 0 bridgehead atoms. The van der Waals surface area contributed by atoms with Gasteiger partial charge in [0.15, 0.2) is 0 Å². The summed E-state index contributed by atoms with van der Waals surface area (Å²) in [5.74, 6) is 2.42. The maximum Gasteiger partial charge on any atom is 0.137 e. The Morgan fingerprint density at radius 2 is 1.41 bits per heavy atom. The number of rotatable bonds is 8. The lowest BCUT2D eigenvalue weighted by atomic mass is 10.2. The summed E-state index contributed by atoms with van der Waals surface area (Å²) in [4.78, 5) is 3.79. The lowest BCUT2D eigenvalue weighted by molar-refractivity contribution is -0.903. The Morgan fingerprint density at radius 1 is 0.889 bits per heavy atom. The first kappa shape index (κ1) is 19.3. The zero-order chi connectivity index (χ0) is 19.1. The highest BCUT2D eigenvalue weighted by Gasteiger charge is 2.22. The number of methoxy groups -OCH3 is 2. The molecule has 1 saturated heterocycles. The fourth-order valence-electron chi connectivity index (χ4n) is 3.33. The molecule has 0 radical (unpaired) electrons. The highest BCUT2D eigenvalue weighted by atomic mass is 16.5. The molecule has 1 fully saturated rings. The predicted octanol–water partition coefficient (Wildman–Crippen LogP) is 0.849. The fraction of sp³-hybridized carbons (Fsp3) is 0.429. The lowest BCUT2D eigenvalue weighted by Gasteiger charge is -2.34. The van der Waals surface area contributed by atoms with E-state index in [2.05, 4.69) is 17.0 Å². The van der Waals surface area contributed by atoms with Gasteiger partial charge in [-0.05, 0) is 48.5 Å². The van der Waals surface area contributed by atoms with Crippen LogP contribution in [0.4, 0.5) is 5.69 Å². The number of ether oxygens (including phenoxy) is 3. The minimum atomic E-state index is -0.477. The fourth-order valence-corrected chi connectivity index (χ4v) is 3.33. The van der Waals surface area contributed by atoms with Gasteiger partial charge in [-0.3, -0.25) is 0 Å². The minimum absolute atomic E-state index is 0.304. The third-order valence-corrected chi connectivity index (χ3v) is 4.93. The maximum absolute atomic E-state index is 10.3. The number of benzene rings is 2. The molecule has 6 nitrogen and oxygen atoms in total. The summed E-state index contributed by atoms with van der Waals surface area (Å²) in [6.45, 7) is 4.98. The molecule has 0 aliphatic carbocycles. The van der Waals surface area contributed by atoms with Gasteiger partial charge >= 0.3 is 0 Å². The summed E-state index contributed by atoms with van der Waals surface area (Å²) in [7, 11) is 3.32. The van der Waals surface area contributed by atoms with Crippen LogP contribution in [0.15, 0.2) is 48.5 Å². The van der Waals surface area contributed by atoms with Crippen LogP contribution in [-0.2, 0) is 0 Å².